The Balaban J connectivity index is 1.82. The fourth-order valence-electron chi connectivity index (χ4n) is 2.43. The minimum absolute atomic E-state index is 0.149. The van der Waals surface area contributed by atoms with Gasteiger partial charge in [-0.25, -0.2) is 5.01 Å². The molecule has 6 heteroatoms. The third kappa shape index (κ3) is 3.63. The van der Waals surface area contributed by atoms with Crippen molar-refractivity contribution in [3.8, 4) is 0 Å². The molecule has 2 aromatic carbocycles. The van der Waals surface area contributed by atoms with E-state index in [1.54, 1.807) is 24.3 Å². The lowest BCUT2D eigenvalue weighted by atomic mass is 10.1. The summed E-state index contributed by atoms with van der Waals surface area (Å²) in [6.45, 7) is 1.95. The third-order valence-corrected chi connectivity index (χ3v) is 3.89. The first-order valence-electron chi connectivity index (χ1n) is 7.57. The van der Waals surface area contributed by atoms with E-state index in [0.717, 1.165) is 5.56 Å². The zero-order valence-electron chi connectivity index (χ0n) is 13.1. The van der Waals surface area contributed by atoms with E-state index < -0.39 is 0 Å². The van der Waals surface area contributed by atoms with Crippen LogP contribution < -0.4 is 10.3 Å². The molecule has 1 aliphatic heterocycles. The van der Waals surface area contributed by atoms with Crippen molar-refractivity contribution in [2.24, 2.45) is 5.10 Å². The summed E-state index contributed by atoms with van der Waals surface area (Å²) in [7, 11) is 0. The van der Waals surface area contributed by atoms with Gasteiger partial charge in [-0.2, -0.15) is 5.10 Å². The topological polar surface area (TPSA) is 61.8 Å². The lowest BCUT2D eigenvalue weighted by molar-refractivity contribution is -0.118. The van der Waals surface area contributed by atoms with Gasteiger partial charge in [0.2, 0.25) is 5.91 Å². The number of aryl methyl sites for hydroxylation is 1. The predicted octanol–water partition coefficient (Wildman–Crippen LogP) is 3.77. The van der Waals surface area contributed by atoms with E-state index >= 15 is 0 Å². The molecule has 0 aliphatic carbocycles. The van der Waals surface area contributed by atoms with Crippen LogP contribution in [0.25, 0.3) is 0 Å². The standard InChI is InChI=1S/C18H16ClN3O2/c1-12-3-2-4-14(11-12)20-18(24)16-9-10-17(23)22(21-16)15-7-5-13(19)6-8-15/h2-8,11H,9-10H2,1H3,(H,20,24). The van der Waals surface area contributed by atoms with Crippen LogP contribution in [0, 0.1) is 6.92 Å². The maximum absolute atomic E-state index is 12.4. The Hall–Kier alpha value is -2.66. The summed E-state index contributed by atoms with van der Waals surface area (Å²) >= 11 is 5.87. The van der Waals surface area contributed by atoms with Crippen LogP contribution in [0.5, 0.6) is 0 Å². The number of hydrogen-bond acceptors (Lipinski definition) is 3. The summed E-state index contributed by atoms with van der Waals surface area (Å²) in [6, 6.07) is 14.3. The lowest BCUT2D eigenvalue weighted by Crippen LogP contribution is -2.36. The molecule has 3 rings (SSSR count). The van der Waals surface area contributed by atoms with Gasteiger partial charge in [0.05, 0.1) is 5.69 Å². The number of rotatable bonds is 3. The molecule has 0 spiro atoms. The molecule has 2 amide bonds. The Kier molecular flexibility index (Phi) is 4.62. The third-order valence-electron chi connectivity index (χ3n) is 3.64. The molecule has 0 saturated heterocycles. The predicted molar refractivity (Wildman–Crippen MR) is 95.4 cm³/mol. The quantitative estimate of drug-likeness (QED) is 0.923. The van der Waals surface area contributed by atoms with Gasteiger partial charge in [0.15, 0.2) is 0 Å². The van der Waals surface area contributed by atoms with Gasteiger partial charge in [-0.05, 0) is 48.9 Å². The molecule has 1 heterocycles. The van der Waals surface area contributed by atoms with Crippen molar-refractivity contribution < 1.29 is 9.59 Å². The molecule has 1 aliphatic rings. The summed E-state index contributed by atoms with van der Waals surface area (Å²) in [6.07, 6.45) is 0.559. The Morgan fingerprint density at radius 1 is 1.17 bits per heavy atom. The van der Waals surface area contributed by atoms with Gasteiger partial charge in [-0.3, -0.25) is 9.59 Å². The van der Waals surface area contributed by atoms with Gasteiger partial charge in [0.1, 0.15) is 5.71 Å². The molecule has 24 heavy (non-hydrogen) atoms. The number of carbonyl (C=O) groups is 2. The van der Waals surface area contributed by atoms with Crippen molar-refractivity contribution in [1.29, 1.82) is 0 Å². The molecule has 1 N–H and O–H groups in total. The van der Waals surface area contributed by atoms with Gasteiger partial charge in [0, 0.05) is 23.6 Å². The van der Waals surface area contributed by atoms with E-state index in [1.807, 2.05) is 31.2 Å². The molecule has 0 saturated carbocycles. The molecular weight excluding hydrogens is 326 g/mol. The second-order valence-electron chi connectivity index (χ2n) is 5.55. The highest BCUT2D eigenvalue weighted by Gasteiger charge is 2.25. The van der Waals surface area contributed by atoms with Crippen LogP contribution in [0.3, 0.4) is 0 Å². The average Bonchev–Trinajstić information content (AvgIpc) is 2.56. The maximum atomic E-state index is 12.4. The fraction of sp³-hybridized carbons (Fsp3) is 0.167. The van der Waals surface area contributed by atoms with Crippen LogP contribution in [0.4, 0.5) is 11.4 Å². The second kappa shape index (κ2) is 6.84. The molecule has 2 aromatic rings. The molecule has 0 radical (unpaired) electrons. The highest BCUT2D eigenvalue weighted by Crippen LogP contribution is 2.22. The van der Waals surface area contributed by atoms with Crippen molar-refractivity contribution in [2.45, 2.75) is 19.8 Å². The van der Waals surface area contributed by atoms with Gasteiger partial charge in [-0.1, -0.05) is 23.7 Å². The first-order valence-corrected chi connectivity index (χ1v) is 7.95. The van der Waals surface area contributed by atoms with Crippen LogP contribution in [-0.2, 0) is 9.59 Å². The second-order valence-corrected chi connectivity index (χ2v) is 5.99. The van der Waals surface area contributed by atoms with Crippen LogP contribution >= 0.6 is 11.6 Å². The van der Waals surface area contributed by atoms with Crippen LogP contribution in [0.2, 0.25) is 5.02 Å². The highest BCUT2D eigenvalue weighted by molar-refractivity contribution is 6.44. The maximum Gasteiger partial charge on any atom is 0.271 e. The number of hydrazone groups is 1. The number of halogens is 1. The zero-order chi connectivity index (χ0) is 17.1. The van der Waals surface area contributed by atoms with E-state index in [9.17, 15) is 9.59 Å². The average molecular weight is 342 g/mol. The summed E-state index contributed by atoms with van der Waals surface area (Å²) in [5.74, 6) is -0.448. The van der Waals surface area contributed by atoms with Crippen molar-refractivity contribution in [3.63, 3.8) is 0 Å². The van der Waals surface area contributed by atoms with E-state index in [4.69, 9.17) is 11.6 Å². The van der Waals surface area contributed by atoms with E-state index in [2.05, 4.69) is 10.4 Å². The molecule has 5 nitrogen and oxygen atoms in total. The fourth-order valence-corrected chi connectivity index (χ4v) is 2.55. The summed E-state index contributed by atoms with van der Waals surface area (Å²) in [5.41, 5.74) is 2.67. The SMILES string of the molecule is Cc1cccc(NC(=O)C2=NN(c3ccc(Cl)cc3)C(=O)CC2)c1. The van der Waals surface area contributed by atoms with Crippen LogP contribution in [-0.4, -0.2) is 17.5 Å². The molecule has 0 atom stereocenters. The monoisotopic (exact) mass is 341 g/mol. The Morgan fingerprint density at radius 3 is 2.62 bits per heavy atom. The number of nitrogens with one attached hydrogen (secondary N) is 1. The minimum Gasteiger partial charge on any atom is -0.321 e. The highest BCUT2D eigenvalue weighted by atomic mass is 35.5. The molecule has 0 aromatic heterocycles. The van der Waals surface area contributed by atoms with E-state index in [-0.39, 0.29) is 18.2 Å². The van der Waals surface area contributed by atoms with Crippen molar-refractivity contribution in [2.75, 3.05) is 10.3 Å². The molecule has 0 bridgehead atoms. The number of anilines is 2. The number of hydrogen-bond donors (Lipinski definition) is 1. The van der Waals surface area contributed by atoms with Crippen LogP contribution in [0.1, 0.15) is 18.4 Å². The van der Waals surface area contributed by atoms with Gasteiger partial charge >= 0.3 is 0 Å². The first-order chi connectivity index (χ1) is 11.5. The number of nitrogens with zero attached hydrogens (tertiary/aromatic N) is 2. The Morgan fingerprint density at radius 2 is 1.92 bits per heavy atom. The summed E-state index contributed by atoms with van der Waals surface area (Å²) in [4.78, 5) is 24.5. The lowest BCUT2D eigenvalue weighted by Gasteiger charge is -2.23. The summed E-state index contributed by atoms with van der Waals surface area (Å²) < 4.78 is 0. The van der Waals surface area contributed by atoms with Gasteiger partial charge in [-0.15, -0.1) is 0 Å². The number of carbonyl (C=O) groups excluding carboxylic acids is 2. The van der Waals surface area contributed by atoms with Gasteiger partial charge in [0.25, 0.3) is 5.91 Å². The normalized spacial score (nSPS) is 14.3. The summed E-state index contributed by atoms with van der Waals surface area (Å²) in [5, 5.41) is 8.87. The van der Waals surface area contributed by atoms with Crippen LogP contribution in [0.15, 0.2) is 53.6 Å². The molecule has 0 unspecified atom stereocenters. The minimum atomic E-state index is -0.299. The molecule has 0 fully saturated rings. The Bertz CT molecular complexity index is 815. The van der Waals surface area contributed by atoms with E-state index in [0.29, 0.717) is 28.5 Å². The Labute approximate surface area is 144 Å². The smallest absolute Gasteiger partial charge is 0.271 e. The number of benzene rings is 2. The van der Waals surface area contributed by atoms with Crippen molar-refractivity contribution in [1.82, 2.24) is 0 Å². The molecule has 122 valence electrons. The van der Waals surface area contributed by atoms with Crippen molar-refractivity contribution in [3.05, 3.63) is 59.1 Å². The number of amides is 2. The van der Waals surface area contributed by atoms with Crippen molar-refractivity contribution >= 4 is 40.5 Å². The molecular formula is C18H16ClN3O2. The first kappa shape index (κ1) is 16.2. The van der Waals surface area contributed by atoms with E-state index in [1.165, 1.54) is 5.01 Å². The zero-order valence-corrected chi connectivity index (χ0v) is 13.9. The van der Waals surface area contributed by atoms with Gasteiger partial charge < -0.3 is 5.32 Å². The largest absolute Gasteiger partial charge is 0.321 e.